The minimum atomic E-state index is -0.768. The van der Waals surface area contributed by atoms with Crippen molar-refractivity contribution in [2.75, 3.05) is 17.2 Å². The Morgan fingerprint density at radius 2 is 1.77 bits per heavy atom. The van der Waals surface area contributed by atoms with Crippen LogP contribution in [0.25, 0.3) is 0 Å². The maximum absolute atomic E-state index is 11.9. The molecule has 0 saturated carbocycles. The number of hydrogen-bond acceptors (Lipinski definition) is 4. The standard InChI is InChI=1S/C16H17N3O3/c1-3-22-13-8-6-12(7-9-13)18-15(20)16(21)19-14-11(2)5-4-10-17-14/h4-10H,3H2,1-2H3,(H,18,20)(H,17,19,21). The number of nitrogens with zero attached hydrogens (tertiary/aromatic N) is 1. The number of anilines is 2. The number of pyridine rings is 1. The molecule has 0 aliphatic rings. The summed E-state index contributed by atoms with van der Waals surface area (Å²) < 4.78 is 5.31. The van der Waals surface area contributed by atoms with Crippen LogP contribution >= 0.6 is 0 Å². The van der Waals surface area contributed by atoms with E-state index in [4.69, 9.17) is 4.74 Å². The fourth-order valence-corrected chi connectivity index (χ4v) is 1.77. The zero-order chi connectivity index (χ0) is 15.9. The van der Waals surface area contributed by atoms with Gasteiger partial charge in [-0.1, -0.05) is 6.07 Å². The third-order valence-corrected chi connectivity index (χ3v) is 2.87. The number of amides is 2. The van der Waals surface area contributed by atoms with Gasteiger partial charge >= 0.3 is 11.8 Å². The molecule has 0 radical (unpaired) electrons. The van der Waals surface area contributed by atoms with Crippen LogP contribution in [0.5, 0.6) is 5.75 Å². The average molecular weight is 299 g/mol. The monoisotopic (exact) mass is 299 g/mol. The van der Waals surface area contributed by atoms with Crippen LogP contribution in [-0.2, 0) is 9.59 Å². The second-order valence-electron chi connectivity index (χ2n) is 4.53. The first-order chi connectivity index (χ1) is 10.6. The van der Waals surface area contributed by atoms with Gasteiger partial charge in [0.05, 0.1) is 6.61 Å². The maximum atomic E-state index is 11.9. The van der Waals surface area contributed by atoms with E-state index in [0.717, 1.165) is 5.56 Å². The average Bonchev–Trinajstić information content (AvgIpc) is 2.51. The Balaban J connectivity index is 1.96. The zero-order valence-electron chi connectivity index (χ0n) is 12.4. The lowest BCUT2D eigenvalue weighted by Crippen LogP contribution is -2.29. The summed E-state index contributed by atoms with van der Waals surface area (Å²) in [5.41, 5.74) is 1.30. The van der Waals surface area contributed by atoms with Crippen LogP contribution in [0.1, 0.15) is 12.5 Å². The quantitative estimate of drug-likeness (QED) is 0.849. The van der Waals surface area contributed by atoms with Gasteiger partial charge < -0.3 is 15.4 Å². The van der Waals surface area contributed by atoms with Crippen LogP contribution in [0.4, 0.5) is 11.5 Å². The van der Waals surface area contributed by atoms with E-state index < -0.39 is 11.8 Å². The Kier molecular flexibility index (Phi) is 5.08. The summed E-state index contributed by atoms with van der Waals surface area (Å²) in [6, 6.07) is 10.3. The number of rotatable bonds is 4. The van der Waals surface area contributed by atoms with Gasteiger partial charge in [0.15, 0.2) is 0 Å². The SMILES string of the molecule is CCOc1ccc(NC(=O)C(=O)Nc2ncccc2C)cc1. The van der Waals surface area contributed by atoms with Gasteiger partial charge in [-0.15, -0.1) is 0 Å². The number of hydrogen-bond donors (Lipinski definition) is 2. The molecular weight excluding hydrogens is 282 g/mol. The Hall–Kier alpha value is -2.89. The minimum absolute atomic E-state index is 0.370. The van der Waals surface area contributed by atoms with Gasteiger partial charge in [-0.25, -0.2) is 4.98 Å². The van der Waals surface area contributed by atoms with E-state index in [9.17, 15) is 9.59 Å². The van der Waals surface area contributed by atoms with Crippen LogP contribution in [-0.4, -0.2) is 23.4 Å². The van der Waals surface area contributed by atoms with Gasteiger partial charge in [0.25, 0.3) is 0 Å². The Bertz CT molecular complexity index is 669. The molecule has 0 atom stereocenters. The van der Waals surface area contributed by atoms with Crippen LogP contribution in [0.15, 0.2) is 42.6 Å². The fourth-order valence-electron chi connectivity index (χ4n) is 1.77. The third-order valence-electron chi connectivity index (χ3n) is 2.87. The maximum Gasteiger partial charge on any atom is 0.315 e. The minimum Gasteiger partial charge on any atom is -0.494 e. The molecule has 6 heteroatoms. The lowest BCUT2D eigenvalue weighted by molar-refractivity contribution is -0.133. The smallest absolute Gasteiger partial charge is 0.315 e. The van der Waals surface area contributed by atoms with E-state index in [-0.39, 0.29) is 0 Å². The summed E-state index contributed by atoms with van der Waals surface area (Å²) in [5, 5.41) is 4.99. The van der Waals surface area contributed by atoms with E-state index in [1.54, 1.807) is 49.5 Å². The van der Waals surface area contributed by atoms with E-state index in [0.29, 0.717) is 23.9 Å². The molecule has 0 spiro atoms. The van der Waals surface area contributed by atoms with Crippen molar-refractivity contribution in [1.82, 2.24) is 4.98 Å². The van der Waals surface area contributed by atoms with Crippen LogP contribution in [0.2, 0.25) is 0 Å². The molecule has 6 nitrogen and oxygen atoms in total. The van der Waals surface area contributed by atoms with Crippen molar-refractivity contribution in [3.05, 3.63) is 48.2 Å². The molecule has 1 heterocycles. The second kappa shape index (κ2) is 7.21. The van der Waals surface area contributed by atoms with Crippen molar-refractivity contribution in [2.24, 2.45) is 0 Å². The first kappa shape index (κ1) is 15.5. The van der Waals surface area contributed by atoms with Gasteiger partial charge in [0.2, 0.25) is 0 Å². The third kappa shape index (κ3) is 4.05. The van der Waals surface area contributed by atoms with Crippen molar-refractivity contribution in [2.45, 2.75) is 13.8 Å². The largest absolute Gasteiger partial charge is 0.494 e. The molecule has 2 aromatic rings. The van der Waals surface area contributed by atoms with Crippen molar-refractivity contribution in [3.63, 3.8) is 0 Å². The number of aryl methyl sites for hydroxylation is 1. The van der Waals surface area contributed by atoms with Crippen molar-refractivity contribution < 1.29 is 14.3 Å². The molecule has 0 aliphatic carbocycles. The fraction of sp³-hybridized carbons (Fsp3) is 0.188. The molecule has 0 saturated heterocycles. The Labute approximate surface area is 128 Å². The molecule has 22 heavy (non-hydrogen) atoms. The Morgan fingerprint density at radius 3 is 2.41 bits per heavy atom. The highest BCUT2D eigenvalue weighted by Crippen LogP contribution is 2.15. The van der Waals surface area contributed by atoms with Crippen LogP contribution < -0.4 is 15.4 Å². The van der Waals surface area contributed by atoms with Gasteiger partial charge in [-0.3, -0.25) is 9.59 Å². The second-order valence-corrected chi connectivity index (χ2v) is 4.53. The highest BCUT2D eigenvalue weighted by atomic mass is 16.5. The molecule has 0 aliphatic heterocycles. The normalized spacial score (nSPS) is 9.91. The summed E-state index contributed by atoms with van der Waals surface area (Å²) in [6.07, 6.45) is 1.55. The predicted molar refractivity (Wildman–Crippen MR) is 83.8 cm³/mol. The predicted octanol–water partition coefficient (Wildman–Crippen LogP) is 2.37. The zero-order valence-corrected chi connectivity index (χ0v) is 12.4. The molecule has 2 amide bonds. The summed E-state index contributed by atoms with van der Waals surface area (Å²) in [4.78, 5) is 27.7. The van der Waals surface area contributed by atoms with E-state index >= 15 is 0 Å². The number of carbonyl (C=O) groups excluding carboxylic acids is 2. The molecule has 0 bridgehead atoms. The first-order valence-corrected chi connectivity index (χ1v) is 6.87. The van der Waals surface area contributed by atoms with Crippen LogP contribution in [0.3, 0.4) is 0 Å². The van der Waals surface area contributed by atoms with E-state index in [1.807, 2.05) is 6.92 Å². The molecule has 2 rings (SSSR count). The van der Waals surface area contributed by atoms with Crippen LogP contribution in [0, 0.1) is 6.92 Å². The number of ether oxygens (including phenoxy) is 1. The number of aromatic nitrogens is 1. The van der Waals surface area contributed by atoms with E-state index in [2.05, 4.69) is 15.6 Å². The lowest BCUT2D eigenvalue weighted by Gasteiger charge is -2.08. The molecule has 2 N–H and O–H groups in total. The topological polar surface area (TPSA) is 80.3 Å². The van der Waals surface area contributed by atoms with Crippen molar-refractivity contribution >= 4 is 23.3 Å². The van der Waals surface area contributed by atoms with Crippen molar-refractivity contribution in [3.8, 4) is 5.75 Å². The lowest BCUT2D eigenvalue weighted by atomic mass is 10.3. The summed E-state index contributed by atoms with van der Waals surface area (Å²) >= 11 is 0. The summed E-state index contributed by atoms with van der Waals surface area (Å²) in [5.74, 6) is -0.451. The molecule has 1 aromatic carbocycles. The highest BCUT2D eigenvalue weighted by molar-refractivity contribution is 6.43. The van der Waals surface area contributed by atoms with Gasteiger partial charge in [-0.05, 0) is 49.7 Å². The highest BCUT2D eigenvalue weighted by Gasteiger charge is 2.15. The molecular formula is C16H17N3O3. The first-order valence-electron chi connectivity index (χ1n) is 6.87. The number of carbonyl (C=O) groups is 2. The number of nitrogens with one attached hydrogen (secondary N) is 2. The Morgan fingerprint density at radius 1 is 1.09 bits per heavy atom. The molecule has 0 unspecified atom stereocenters. The summed E-state index contributed by atoms with van der Waals surface area (Å²) in [7, 11) is 0. The molecule has 0 fully saturated rings. The van der Waals surface area contributed by atoms with Gasteiger partial charge in [0.1, 0.15) is 11.6 Å². The van der Waals surface area contributed by atoms with Crippen molar-refractivity contribution in [1.29, 1.82) is 0 Å². The van der Waals surface area contributed by atoms with Gasteiger partial charge in [0, 0.05) is 11.9 Å². The molecule has 114 valence electrons. The number of benzene rings is 1. The summed E-state index contributed by atoms with van der Waals surface area (Å²) in [6.45, 7) is 4.25. The van der Waals surface area contributed by atoms with E-state index in [1.165, 1.54) is 0 Å². The molecule has 1 aromatic heterocycles. The van der Waals surface area contributed by atoms with Gasteiger partial charge in [-0.2, -0.15) is 0 Å².